The highest BCUT2D eigenvalue weighted by atomic mass is 16.5. The van der Waals surface area contributed by atoms with Crippen molar-refractivity contribution in [1.29, 1.82) is 0 Å². The number of hydrogen-bond donors (Lipinski definition) is 2. The van der Waals surface area contributed by atoms with Crippen molar-refractivity contribution in [2.75, 3.05) is 28.4 Å². The minimum atomic E-state index is -0.174. The standard InChI is InChI=1S/C21H24N4O5/c1-27-15-7-5-14(6-8-15)21-23-18(24-25-21)12-22-19(26)11-13-9-16(28-2)20(30-4)17(10-13)29-3/h5-10H,11-12H2,1-4H3,(H,22,26)(H,23,24,25). The van der Waals surface area contributed by atoms with Crippen LogP contribution < -0.4 is 24.3 Å². The molecule has 3 rings (SSSR count). The molecule has 1 heterocycles. The van der Waals surface area contributed by atoms with Crippen LogP contribution in [0.4, 0.5) is 0 Å². The number of H-pyrrole nitrogens is 1. The third-order valence-electron chi connectivity index (χ3n) is 4.42. The highest BCUT2D eigenvalue weighted by molar-refractivity contribution is 5.79. The van der Waals surface area contributed by atoms with E-state index in [0.717, 1.165) is 16.9 Å². The molecule has 158 valence electrons. The van der Waals surface area contributed by atoms with Crippen LogP contribution in [0.5, 0.6) is 23.0 Å². The fraction of sp³-hybridized carbons (Fsp3) is 0.286. The minimum absolute atomic E-state index is 0.149. The number of amides is 1. The van der Waals surface area contributed by atoms with Crippen LogP contribution in [0, 0.1) is 0 Å². The van der Waals surface area contributed by atoms with Crippen LogP contribution in [0.1, 0.15) is 11.4 Å². The molecule has 0 spiro atoms. The molecule has 1 aromatic heterocycles. The summed E-state index contributed by atoms with van der Waals surface area (Å²) in [6.45, 7) is 0.229. The summed E-state index contributed by atoms with van der Waals surface area (Å²) in [7, 11) is 6.21. The van der Waals surface area contributed by atoms with E-state index in [1.807, 2.05) is 24.3 Å². The van der Waals surface area contributed by atoms with Crippen molar-refractivity contribution in [2.45, 2.75) is 13.0 Å². The molecule has 0 fully saturated rings. The maximum Gasteiger partial charge on any atom is 0.224 e. The number of aromatic amines is 1. The van der Waals surface area contributed by atoms with Crippen molar-refractivity contribution in [3.8, 4) is 34.4 Å². The lowest BCUT2D eigenvalue weighted by Gasteiger charge is -2.14. The average Bonchev–Trinajstić information content (AvgIpc) is 3.26. The van der Waals surface area contributed by atoms with E-state index in [0.29, 0.717) is 28.9 Å². The number of methoxy groups -OCH3 is 4. The summed E-state index contributed by atoms with van der Waals surface area (Å²) in [5.41, 5.74) is 1.58. The first-order valence-corrected chi connectivity index (χ1v) is 9.19. The first kappa shape index (κ1) is 21.0. The summed E-state index contributed by atoms with van der Waals surface area (Å²) in [5.74, 6) is 3.17. The van der Waals surface area contributed by atoms with Crippen molar-refractivity contribution >= 4 is 5.91 Å². The Morgan fingerprint density at radius 3 is 2.20 bits per heavy atom. The van der Waals surface area contributed by atoms with Gasteiger partial charge in [0.2, 0.25) is 11.7 Å². The Kier molecular flexibility index (Phi) is 6.74. The smallest absolute Gasteiger partial charge is 0.224 e. The van der Waals surface area contributed by atoms with Crippen molar-refractivity contribution in [3.05, 3.63) is 47.8 Å². The van der Waals surface area contributed by atoms with Gasteiger partial charge in [-0.2, -0.15) is 5.10 Å². The van der Waals surface area contributed by atoms with E-state index in [-0.39, 0.29) is 18.9 Å². The van der Waals surface area contributed by atoms with Crippen LogP contribution >= 0.6 is 0 Å². The molecule has 0 radical (unpaired) electrons. The molecule has 0 saturated heterocycles. The Labute approximate surface area is 174 Å². The van der Waals surface area contributed by atoms with E-state index in [1.165, 1.54) is 21.3 Å². The number of nitrogens with zero attached hydrogens (tertiary/aromatic N) is 2. The first-order valence-electron chi connectivity index (χ1n) is 9.19. The Balaban J connectivity index is 1.62. The molecule has 30 heavy (non-hydrogen) atoms. The van der Waals surface area contributed by atoms with Gasteiger partial charge < -0.3 is 24.3 Å². The quantitative estimate of drug-likeness (QED) is 0.555. The normalized spacial score (nSPS) is 10.4. The summed E-state index contributed by atoms with van der Waals surface area (Å²) in [6.07, 6.45) is 0.149. The minimum Gasteiger partial charge on any atom is -0.497 e. The number of benzene rings is 2. The zero-order chi connectivity index (χ0) is 21.5. The van der Waals surface area contributed by atoms with Gasteiger partial charge in [0.1, 0.15) is 11.6 Å². The summed E-state index contributed by atoms with van der Waals surface area (Å²) >= 11 is 0. The Morgan fingerprint density at radius 1 is 0.967 bits per heavy atom. The SMILES string of the molecule is COc1ccc(-c2n[nH]c(CNC(=O)Cc3cc(OC)c(OC)c(OC)c3)n2)cc1. The van der Waals surface area contributed by atoms with Crippen molar-refractivity contribution < 1.29 is 23.7 Å². The lowest BCUT2D eigenvalue weighted by atomic mass is 10.1. The summed E-state index contributed by atoms with van der Waals surface area (Å²) in [4.78, 5) is 16.8. The van der Waals surface area contributed by atoms with Crippen molar-refractivity contribution in [2.24, 2.45) is 0 Å². The summed E-state index contributed by atoms with van der Waals surface area (Å²) < 4.78 is 21.1. The van der Waals surface area contributed by atoms with Gasteiger partial charge in [0, 0.05) is 5.56 Å². The molecule has 1 amide bonds. The second kappa shape index (κ2) is 9.64. The van der Waals surface area contributed by atoms with Crippen LogP contribution in [-0.2, 0) is 17.8 Å². The van der Waals surface area contributed by atoms with Crippen LogP contribution in [0.25, 0.3) is 11.4 Å². The van der Waals surface area contributed by atoms with Gasteiger partial charge in [0.15, 0.2) is 17.3 Å². The molecule has 9 heteroatoms. The molecular formula is C21H24N4O5. The van der Waals surface area contributed by atoms with E-state index in [2.05, 4.69) is 20.5 Å². The topological polar surface area (TPSA) is 108 Å². The number of nitrogens with one attached hydrogen (secondary N) is 2. The predicted octanol–water partition coefficient (Wildman–Crippen LogP) is 2.37. The van der Waals surface area contributed by atoms with Gasteiger partial charge in [-0.25, -0.2) is 4.98 Å². The van der Waals surface area contributed by atoms with Gasteiger partial charge in [0.25, 0.3) is 0 Å². The van der Waals surface area contributed by atoms with E-state index in [1.54, 1.807) is 19.2 Å². The van der Waals surface area contributed by atoms with Gasteiger partial charge >= 0.3 is 0 Å². The molecule has 0 saturated carbocycles. The third-order valence-corrected chi connectivity index (χ3v) is 4.42. The molecule has 0 aliphatic rings. The van der Waals surface area contributed by atoms with E-state index in [4.69, 9.17) is 18.9 Å². The second-order valence-corrected chi connectivity index (χ2v) is 6.32. The van der Waals surface area contributed by atoms with E-state index in [9.17, 15) is 4.79 Å². The number of aromatic nitrogens is 3. The first-order chi connectivity index (χ1) is 14.6. The predicted molar refractivity (Wildman–Crippen MR) is 110 cm³/mol. The van der Waals surface area contributed by atoms with Crippen LogP contribution in [0.2, 0.25) is 0 Å². The number of rotatable bonds is 9. The van der Waals surface area contributed by atoms with E-state index < -0.39 is 0 Å². The number of hydrogen-bond acceptors (Lipinski definition) is 7. The van der Waals surface area contributed by atoms with Gasteiger partial charge in [0.05, 0.1) is 41.4 Å². The molecule has 9 nitrogen and oxygen atoms in total. The maximum atomic E-state index is 12.4. The Morgan fingerprint density at radius 2 is 1.63 bits per heavy atom. The Hall–Kier alpha value is -3.75. The van der Waals surface area contributed by atoms with Crippen LogP contribution in [0.3, 0.4) is 0 Å². The highest BCUT2D eigenvalue weighted by Gasteiger charge is 2.15. The molecule has 2 aromatic carbocycles. The molecule has 0 unspecified atom stereocenters. The molecule has 2 N–H and O–H groups in total. The number of carbonyl (C=O) groups is 1. The maximum absolute atomic E-state index is 12.4. The summed E-state index contributed by atoms with van der Waals surface area (Å²) in [5, 5.41) is 9.86. The van der Waals surface area contributed by atoms with Crippen molar-refractivity contribution in [3.63, 3.8) is 0 Å². The highest BCUT2D eigenvalue weighted by Crippen LogP contribution is 2.38. The Bertz CT molecular complexity index is 976. The van der Waals surface area contributed by atoms with Gasteiger partial charge in [-0.3, -0.25) is 9.89 Å². The molecule has 0 bridgehead atoms. The van der Waals surface area contributed by atoms with Crippen molar-refractivity contribution in [1.82, 2.24) is 20.5 Å². The molecule has 0 aliphatic carbocycles. The zero-order valence-corrected chi connectivity index (χ0v) is 17.3. The number of carbonyl (C=O) groups excluding carboxylic acids is 1. The molecule has 0 atom stereocenters. The molecule has 0 aliphatic heterocycles. The lowest BCUT2D eigenvalue weighted by Crippen LogP contribution is -2.25. The molecular weight excluding hydrogens is 388 g/mol. The number of ether oxygens (including phenoxy) is 4. The van der Waals surface area contributed by atoms with E-state index >= 15 is 0 Å². The molecule has 3 aromatic rings. The average molecular weight is 412 g/mol. The summed E-state index contributed by atoms with van der Waals surface area (Å²) in [6, 6.07) is 10.9. The lowest BCUT2D eigenvalue weighted by molar-refractivity contribution is -0.120. The van der Waals surface area contributed by atoms with Crippen LogP contribution in [0.15, 0.2) is 36.4 Å². The monoisotopic (exact) mass is 412 g/mol. The van der Waals surface area contributed by atoms with Gasteiger partial charge in [-0.15, -0.1) is 0 Å². The zero-order valence-electron chi connectivity index (χ0n) is 17.3. The second-order valence-electron chi connectivity index (χ2n) is 6.32. The van der Waals surface area contributed by atoms with Gasteiger partial charge in [-0.05, 0) is 42.0 Å². The largest absolute Gasteiger partial charge is 0.497 e. The van der Waals surface area contributed by atoms with Gasteiger partial charge in [-0.1, -0.05) is 0 Å². The third kappa shape index (κ3) is 4.80. The fourth-order valence-electron chi connectivity index (χ4n) is 2.91. The fourth-order valence-corrected chi connectivity index (χ4v) is 2.91. The van der Waals surface area contributed by atoms with Crippen LogP contribution in [-0.4, -0.2) is 49.5 Å².